The second-order valence-corrected chi connectivity index (χ2v) is 4.66. The fourth-order valence-corrected chi connectivity index (χ4v) is 2.68. The lowest BCUT2D eigenvalue weighted by Crippen LogP contribution is -2.33. The smallest absolute Gasteiger partial charge is 0.0769 e. The van der Waals surface area contributed by atoms with Gasteiger partial charge in [0.1, 0.15) is 0 Å². The maximum absolute atomic E-state index is 4.04. The summed E-state index contributed by atoms with van der Waals surface area (Å²) in [6.07, 6.45) is 4.34. The van der Waals surface area contributed by atoms with Gasteiger partial charge in [-0.2, -0.15) is 22.0 Å². The Bertz CT molecular complexity index is 259. The third-order valence-corrected chi connectivity index (χ3v) is 3.58. The lowest BCUT2D eigenvalue weighted by Gasteiger charge is -2.22. The summed E-state index contributed by atoms with van der Waals surface area (Å²) in [5.41, 5.74) is 1.03. The molecular weight excluding hydrogens is 194 g/mol. The highest BCUT2D eigenvalue weighted by Crippen LogP contribution is 2.16. The molecule has 3 nitrogen and oxygen atoms in total. The molecular formula is C10H15N3S. The van der Waals surface area contributed by atoms with Gasteiger partial charge in [-0.3, -0.25) is 0 Å². The first kappa shape index (κ1) is 9.93. The quantitative estimate of drug-likeness (QED) is 0.818. The molecule has 0 radical (unpaired) electrons. The Balaban J connectivity index is 1.76. The van der Waals surface area contributed by atoms with Crippen molar-refractivity contribution in [3.63, 3.8) is 0 Å². The van der Waals surface area contributed by atoms with E-state index in [0.29, 0.717) is 6.04 Å². The maximum atomic E-state index is 4.04. The highest BCUT2D eigenvalue weighted by atomic mass is 32.2. The lowest BCUT2D eigenvalue weighted by atomic mass is 10.2. The third-order valence-electron chi connectivity index (χ3n) is 2.36. The van der Waals surface area contributed by atoms with Crippen molar-refractivity contribution in [2.45, 2.75) is 25.4 Å². The Kier molecular flexibility index (Phi) is 3.77. The van der Waals surface area contributed by atoms with Gasteiger partial charge in [0.2, 0.25) is 0 Å². The van der Waals surface area contributed by atoms with Crippen LogP contribution in [0.25, 0.3) is 0 Å². The van der Waals surface area contributed by atoms with Gasteiger partial charge in [0.05, 0.1) is 5.69 Å². The van der Waals surface area contributed by atoms with Crippen LogP contribution in [0, 0.1) is 0 Å². The predicted molar refractivity (Wildman–Crippen MR) is 59.2 cm³/mol. The standard InChI is InChI=1S/C10H15N3S/c1-3-9(13-12-5-1)7-11-10-4-2-6-14-8-10/h1,3,5,10-11H,2,4,6-8H2. The van der Waals surface area contributed by atoms with Crippen LogP contribution >= 0.6 is 11.8 Å². The summed E-state index contributed by atoms with van der Waals surface area (Å²) < 4.78 is 0. The number of thioether (sulfide) groups is 1. The average molecular weight is 209 g/mol. The first-order chi connectivity index (χ1) is 6.95. The number of hydrogen-bond donors (Lipinski definition) is 1. The molecule has 1 unspecified atom stereocenters. The zero-order valence-corrected chi connectivity index (χ0v) is 8.96. The maximum Gasteiger partial charge on any atom is 0.0769 e. The van der Waals surface area contributed by atoms with Crippen LogP contribution in [0.1, 0.15) is 18.5 Å². The van der Waals surface area contributed by atoms with E-state index in [0.717, 1.165) is 12.2 Å². The van der Waals surface area contributed by atoms with Gasteiger partial charge < -0.3 is 5.32 Å². The minimum Gasteiger partial charge on any atom is -0.307 e. The van der Waals surface area contributed by atoms with Crippen molar-refractivity contribution in [1.29, 1.82) is 0 Å². The molecule has 1 N–H and O–H groups in total. The largest absolute Gasteiger partial charge is 0.307 e. The minimum atomic E-state index is 0.663. The van der Waals surface area contributed by atoms with Crippen LogP contribution in [-0.2, 0) is 6.54 Å². The molecule has 1 aliphatic rings. The Hall–Kier alpha value is -0.610. The average Bonchev–Trinajstić information content (AvgIpc) is 2.29. The van der Waals surface area contributed by atoms with Gasteiger partial charge in [-0.15, -0.1) is 0 Å². The number of rotatable bonds is 3. The Labute approximate surface area is 88.7 Å². The molecule has 2 rings (SSSR count). The van der Waals surface area contributed by atoms with Crippen molar-refractivity contribution < 1.29 is 0 Å². The van der Waals surface area contributed by atoms with E-state index in [4.69, 9.17) is 0 Å². The van der Waals surface area contributed by atoms with E-state index in [1.807, 2.05) is 23.9 Å². The predicted octanol–water partition coefficient (Wildman–Crippen LogP) is 1.46. The monoisotopic (exact) mass is 209 g/mol. The normalized spacial score (nSPS) is 22.1. The Morgan fingerprint density at radius 3 is 3.29 bits per heavy atom. The zero-order valence-electron chi connectivity index (χ0n) is 8.15. The summed E-state index contributed by atoms with van der Waals surface area (Å²) in [7, 11) is 0. The van der Waals surface area contributed by atoms with Gasteiger partial charge in [0, 0.05) is 24.5 Å². The Morgan fingerprint density at radius 1 is 1.57 bits per heavy atom. The van der Waals surface area contributed by atoms with E-state index in [-0.39, 0.29) is 0 Å². The second kappa shape index (κ2) is 5.32. The molecule has 4 heteroatoms. The first-order valence-electron chi connectivity index (χ1n) is 5.03. The van der Waals surface area contributed by atoms with E-state index < -0.39 is 0 Å². The first-order valence-corrected chi connectivity index (χ1v) is 6.18. The number of nitrogens with zero attached hydrogens (tertiary/aromatic N) is 2. The van der Waals surface area contributed by atoms with Crippen molar-refractivity contribution in [1.82, 2.24) is 15.5 Å². The van der Waals surface area contributed by atoms with Crippen molar-refractivity contribution >= 4 is 11.8 Å². The van der Waals surface area contributed by atoms with Gasteiger partial charge in [0.15, 0.2) is 0 Å². The summed E-state index contributed by atoms with van der Waals surface area (Å²) >= 11 is 2.04. The highest BCUT2D eigenvalue weighted by Gasteiger charge is 2.12. The highest BCUT2D eigenvalue weighted by molar-refractivity contribution is 7.99. The van der Waals surface area contributed by atoms with E-state index in [1.54, 1.807) is 6.20 Å². The van der Waals surface area contributed by atoms with Crippen LogP contribution in [0.4, 0.5) is 0 Å². The SMILES string of the molecule is c1cnnc(CNC2CCCSC2)c1. The summed E-state index contributed by atoms with van der Waals surface area (Å²) in [6, 6.07) is 4.60. The number of aromatic nitrogens is 2. The molecule has 1 aromatic heterocycles. The summed E-state index contributed by atoms with van der Waals surface area (Å²) in [5, 5.41) is 11.4. The molecule has 0 saturated carbocycles. The molecule has 1 atom stereocenters. The Morgan fingerprint density at radius 2 is 2.57 bits per heavy atom. The van der Waals surface area contributed by atoms with Crippen LogP contribution in [0.15, 0.2) is 18.3 Å². The van der Waals surface area contributed by atoms with Gasteiger partial charge in [-0.1, -0.05) is 0 Å². The van der Waals surface area contributed by atoms with Crippen LogP contribution in [-0.4, -0.2) is 27.7 Å². The van der Waals surface area contributed by atoms with Crippen molar-refractivity contribution in [3.05, 3.63) is 24.0 Å². The zero-order chi connectivity index (χ0) is 9.64. The summed E-state index contributed by atoms with van der Waals surface area (Å²) in [6.45, 7) is 0.846. The van der Waals surface area contributed by atoms with Crippen molar-refractivity contribution in [2.75, 3.05) is 11.5 Å². The number of hydrogen-bond acceptors (Lipinski definition) is 4. The molecule has 0 aliphatic carbocycles. The van der Waals surface area contributed by atoms with Gasteiger partial charge in [-0.25, -0.2) is 0 Å². The molecule has 0 aromatic carbocycles. The molecule has 2 heterocycles. The molecule has 0 spiro atoms. The molecule has 0 bridgehead atoms. The van der Waals surface area contributed by atoms with Gasteiger partial charge >= 0.3 is 0 Å². The van der Waals surface area contributed by atoms with Crippen LogP contribution in [0.3, 0.4) is 0 Å². The van der Waals surface area contributed by atoms with Gasteiger partial charge in [0.25, 0.3) is 0 Å². The minimum absolute atomic E-state index is 0.663. The van der Waals surface area contributed by atoms with Gasteiger partial charge in [-0.05, 0) is 30.7 Å². The van der Waals surface area contributed by atoms with E-state index >= 15 is 0 Å². The second-order valence-electron chi connectivity index (χ2n) is 3.51. The molecule has 1 aromatic rings. The van der Waals surface area contributed by atoms with Crippen molar-refractivity contribution in [2.24, 2.45) is 0 Å². The van der Waals surface area contributed by atoms with Crippen molar-refractivity contribution in [3.8, 4) is 0 Å². The summed E-state index contributed by atoms with van der Waals surface area (Å²) in [5.74, 6) is 2.56. The van der Waals surface area contributed by atoms with Crippen LogP contribution < -0.4 is 5.32 Å². The molecule has 0 amide bonds. The molecule has 1 saturated heterocycles. The fourth-order valence-electron chi connectivity index (χ4n) is 1.58. The fraction of sp³-hybridized carbons (Fsp3) is 0.600. The lowest BCUT2D eigenvalue weighted by molar-refractivity contribution is 0.502. The molecule has 76 valence electrons. The van der Waals surface area contributed by atoms with Crippen LogP contribution in [0.5, 0.6) is 0 Å². The third kappa shape index (κ3) is 2.96. The van der Waals surface area contributed by atoms with E-state index in [9.17, 15) is 0 Å². The molecule has 14 heavy (non-hydrogen) atoms. The summed E-state index contributed by atoms with van der Waals surface area (Å²) in [4.78, 5) is 0. The van der Waals surface area contributed by atoms with E-state index in [1.165, 1.54) is 24.3 Å². The molecule has 1 aliphatic heterocycles. The molecule has 1 fully saturated rings. The number of nitrogens with one attached hydrogen (secondary N) is 1. The van der Waals surface area contributed by atoms with E-state index in [2.05, 4.69) is 15.5 Å². The van der Waals surface area contributed by atoms with Crippen LogP contribution in [0.2, 0.25) is 0 Å². The topological polar surface area (TPSA) is 37.8 Å².